The Morgan fingerprint density at radius 3 is 2.56 bits per heavy atom. The molecule has 0 saturated heterocycles. The second-order valence-corrected chi connectivity index (χ2v) is 7.99. The van der Waals surface area contributed by atoms with Crippen molar-refractivity contribution >= 4 is 23.2 Å². The molecule has 0 saturated carbocycles. The van der Waals surface area contributed by atoms with Gasteiger partial charge in [-0.25, -0.2) is 4.68 Å². The Morgan fingerprint density at radius 2 is 1.84 bits per heavy atom. The molecule has 2 aromatic carbocycles. The van der Waals surface area contributed by atoms with Gasteiger partial charge in [-0.3, -0.25) is 19.1 Å². The normalized spacial score (nSPS) is 15.0. The van der Waals surface area contributed by atoms with Crippen LogP contribution in [-0.2, 0) is 11.8 Å². The maximum absolute atomic E-state index is 13.0. The van der Waals surface area contributed by atoms with Crippen molar-refractivity contribution in [2.24, 2.45) is 13.0 Å². The highest BCUT2D eigenvalue weighted by Gasteiger charge is 2.19. The van der Waals surface area contributed by atoms with Gasteiger partial charge in [-0.15, -0.1) is 0 Å². The van der Waals surface area contributed by atoms with E-state index in [0.717, 1.165) is 12.8 Å². The van der Waals surface area contributed by atoms with Gasteiger partial charge in [-0.05, 0) is 56.0 Å². The van der Waals surface area contributed by atoms with Gasteiger partial charge in [-0.2, -0.15) is 0 Å². The molecule has 32 heavy (non-hydrogen) atoms. The Labute approximate surface area is 186 Å². The second-order valence-electron chi connectivity index (χ2n) is 7.99. The van der Waals surface area contributed by atoms with Crippen LogP contribution in [0.15, 0.2) is 71.5 Å². The van der Waals surface area contributed by atoms with E-state index in [1.807, 2.05) is 30.3 Å². The van der Waals surface area contributed by atoms with E-state index in [9.17, 15) is 14.4 Å². The van der Waals surface area contributed by atoms with Crippen molar-refractivity contribution in [1.82, 2.24) is 9.36 Å². The number of amides is 2. The fourth-order valence-electron chi connectivity index (χ4n) is 3.95. The number of anilines is 2. The number of carbonyl (C=O) groups excluding carboxylic acids is 2. The van der Waals surface area contributed by atoms with Crippen LogP contribution in [0.5, 0.6) is 0 Å². The topological polar surface area (TPSA) is 85.1 Å². The van der Waals surface area contributed by atoms with Crippen LogP contribution < -0.4 is 16.2 Å². The van der Waals surface area contributed by atoms with Gasteiger partial charge in [-0.1, -0.05) is 36.4 Å². The lowest BCUT2D eigenvalue weighted by molar-refractivity contribution is -0.116. The van der Waals surface area contributed by atoms with Gasteiger partial charge >= 0.3 is 0 Å². The predicted molar refractivity (Wildman–Crippen MR) is 125 cm³/mol. The van der Waals surface area contributed by atoms with Crippen LogP contribution in [0.1, 0.15) is 35.3 Å². The molecule has 0 radical (unpaired) electrons. The van der Waals surface area contributed by atoms with E-state index in [-0.39, 0.29) is 23.1 Å². The van der Waals surface area contributed by atoms with Crippen LogP contribution in [0.4, 0.5) is 11.4 Å². The minimum Gasteiger partial charge on any atom is -0.326 e. The molecule has 0 unspecified atom stereocenters. The fourth-order valence-corrected chi connectivity index (χ4v) is 3.95. The number of hydrogen-bond acceptors (Lipinski definition) is 3. The highest BCUT2D eigenvalue weighted by atomic mass is 16.2. The third-order valence-corrected chi connectivity index (χ3v) is 5.76. The predicted octanol–water partition coefficient (Wildman–Crippen LogP) is 4.03. The van der Waals surface area contributed by atoms with Crippen molar-refractivity contribution in [3.05, 3.63) is 88.4 Å². The van der Waals surface area contributed by atoms with Gasteiger partial charge < -0.3 is 10.6 Å². The van der Waals surface area contributed by atoms with Gasteiger partial charge in [0.15, 0.2) is 0 Å². The lowest BCUT2D eigenvalue weighted by atomic mass is 10.0. The summed E-state index contributed by atoms with van der Waals surface area (Å²) in [6.07, 6.45) is 6.61. The van der Waals surface area contributed by atoms with Crippen molar-refractivity contribution in [3.8, 4) is 5.69 Å². The molecule has 1 aromatic heterocycles. The van der Waals surface area contributed by atoms with Crippen LogP contribution in [0, 0.1) is 12.8 Å². The number of benzene rings is 2. The maximum atomic E-state index is 13.0. The summed E-state index contributed by atoms with van der Waals surface area (Å²) in [4.78, 5) is 38.2. The third kappa shape index (κ3) is 4.42. The van der Waals surface area contributed by atoms with Gasteiger partial charge in [0.25, 0.3) is 11.5 Å². The van der Waals surface area contributed by atoms with Crippen LogP contribution in [0.2, 0.25) is 0 Å². The SMILES string of the molecule is Cc1c(NC(=O)c2cccc(NC(=O)C[C@@H]3C=CCC3)c2)c(=O)n(-c2ccccc2)n1C. The van der Waals surface area contributed by atoms with Crippen LogP contribution >= 0.6 is 0 Å². The molecule has 164 valence electrons. The summed E-state index contributed by atoms with van der Waals surface area (Å²) in [5, 5.41) is 5.61. The minimum atomic E-state index is -0.411. The molecule has 0 bridgehead atoms. The summed E-state index contributed by atoms with van der Waals surface area (Å²) in [7, 11) is 1.77. The van der Waals surface area contributed by atoms with Crippen molar-refractivity contribution in [2.45, 2.75) is 26.2 Å². The zero-order chi connectivity index (χ0) is 22.7. The molecule has 0 fully saturated rings. The van der Waals surface area contributed by atoms with Crippen LogP contribution in [-0.4, -0.2) is 21.2 Å². The molecule has 1 heterocycles. The molecule has 0 spiro atoms. The van der Waals surface area contributed by atoms with Gasteiger partial charge in [0.2, 0.25) is 5.91 Å². The van der Waals surface area contributed by atoms with Gasteiger partial charge in [0, 0.05) is 24.7 Å². The Morgan fingerprint density at radius 1 is 1.06 bits per heavy atom. The first kappa shape index (κ1) is 21.4. The number of para-hydroxylation sites is 1. The average Bonchev–Trinajstić information content (AvgIpc) is 3.37. The molecule has 1 aliphatic rings. The highest BCUT2D eigenvalue weighted by molar-refractivity contribution is 6.05. The van der Waals surface area contributed by atoms with E-state index in [0.29, 0.717) is 29.1 Å². The maximum Gasteiger partial charge on any atom is 0.295 e. The van der Waals surface area contributed by atoms with E-state index in [2.05, 4.69) is 22.8 Å². The zero-order valence-electron chi connectivity index (χ0n) is 18.2. The minimum absolute atomic E-state index is 0.0799. The lowest BCUT2D eigenvalue weighted by Gasteiger charge is -2.10. The molecule has 2 amide bonds. The van der Waals surface area contributed by atoms with Crippen LogP contribution in [0.3, 0.4) is 0 Å². The first-order valence-electron chi connectivity index (χ1n) is 10.7. The molecule has 1 aliphatic carbocycles. The quantitative estimate of drug-likeness (QED) is 0.579. The Bertz CT molecular complexity index is 1240. The monoisotopic (exact) mass is 430 g/mol. The molecule has 7 nitrogen and oxygen atoms in total. The number of nitrogens with one attached hydrogen (secondary N) is 2. The second kappa shape index (κ2) is 9.09. The summed E-state index contributed by atoms with van der Waals surface area (Å²) in [6.45, 7) is 1.78. The number of allylic oxidation sites excluding steroid dienone is 2. The molecular formula is C25H26N4O3. The van der Waals surface area contributed by atoms with Crippen molar-refractivity contribution in [3.63, 3.8) is 0 Å². The summed E-state index contributed by atoms with van der Waals surface area (Å²) < 4.78 is 3.22. The smallest absolute Gasteiger partial charge is 0.295 e. The molecule has 7 heteroatoms. The number of hydrogen-bond donors (Lipinski definition) is 2. The van der Waals surface area contributed by atoms with E-state index in [1.54, 1.807) is 42.9 Å². The summed E-state index contributed by atoms with van der Waals surface area (Å²) in [6, 6.07) is 16.0. The lowest BCUT2D eigenvalue weighted by Crippen LogP contribution is -2.23. The third-order valence-electron chi connectivity index (χ3n) is 5.76. The summed E-state index contributed by atoms with van der Waals surface area (Å²) in [5.41, 5.74) is 2.18. The average molecular weight is 431 g/mol. The largest absolute Gasteiger partial charge is 0.326 e. The number of nitrogens with zero attached hydrogens (tertiary/aromatic N) is 2. The van der Waals surface area contributed by atoms with E-state index >= 15 is 0 Å². The number of aromatic nitrogens is 2. The molecule has 3 aromatic rings. The Balaban J connectivity index is 1.51. The van der Waals surface area contributed by atoms with E-state index in [4.69, 9.17) is 0 Å². The van der Waals surface area contributed by atoms with Gasteiger partial charge in [0.05, 0.1) is 11.4 Å². The number of rotatable bonds is 6. The Hall–Kier alpha value is -3.87. The molecule has 1 atom stereocenters. The van der Waals surface area contributed by atoms with Crippen LogP contribution in [0.25, 0.3) is 5.69 Å². The zero-order valence-corrected chi connectivity index (χ0v) is 18.2. The Kier molecular flexibility index (Phi) is 6.07. The summed E-state index contributed by atoms with van der Waals surface area (Å²) in [5.74, 6) is -0.219. The van der Waals surface area contributed by atoms with E-state index in [1.165, 1.54) is 4.68 Å². The van der Waals surface area contributed by atoms with Gasteiger partial charge in [0.1, 0.15) is 5.69 Å². The standard InChI is InChI=1S/C25H26N4O3/c1-17-23(25(32)29(28(17)2)21-13-4-3-5-14-21)27-24(31)19-11-8-12-20(16-19)26-22(30)15-18-9-6-7-10-18/h3-6,8-9,11-14,16,18H,7,10,15H2,1-2H3,(H,26,30)(H,27,31)/t18-/m1/s1. The van der Waals surface area contributed by atoms with Crippen molar-refractivity contribution in [1.29, 1.82) is 0 Å². The van der Waals surface area contributed by atoms with Crippen molar-refractivity contribution in [2.75, 3.05) is 10.6 Å². The van der Waals surface area contributed by atoms with Crippen molar-refractivity contribution < 1.29 is 9.59 Å². The number of carbonyl (C=O) groups is 2. The fraction of sp³-hybridized carbons (Fsp3) is 0.240. The molecule has 4 rings (SSSR count). The molecule has 0 aliphatic heterocycles. The van der Waals surface area contributed by atoms with E-state index < -0.39 is 5.91 Å². The molecular weight excluding hydrogens is 404 g/mol. The summed E-state index contributed by atoms with van der Waals surface area (Å²) >= 11 is 0. The molecule has 2 N–H and O–H groups in total. The first-order chi connectivity index (χ1) is 15.4. The highest BCUT2D eigenvalue weighted by Crippen LogP contribution is 2.21. The first-order valence-corrected chi connectivity index (χ1v) is 10.7.